The Morgan fingerprint density at radius 3 is 2.45 bits per heavy atom. The van der Waals surface area contributed by atoms with Gasteiger partial charge in [-0.05, 0) is 5.56 Å². The summed E-state index contributed by atoms with van der Waals surface area (Å²) in [5.41, 5.74) is 0.808. The number of carbonyl (C=O) groups excluding carboxylic acids is 1. The summed E-state index contributed by atoms with van der Waals surface area (Å²) in [7, 11) is -2.62. The van der Waals surface area contributed by atoms with E-state index in [1.807, 2.05) is 30.3 Å². The second kappa shape index (κ2) is 8.11. The van der Waals surface area contributed by atoms with Crippen molar-refractivity contribution < 1.29 is 17.9 Å². The van der Waals surface area contributed by atoms with Crippen molar-refractivity contribution in [2.45, 2.75) is 10.9 Å². The Labute approximate surface area is 135 Å². The second-order valence-corrected chi connectivity index (χ2v) is 7.59. The minimum absolute atomic E-state index is 0.155. The number of hydrogen-bond donors (Lipinski definition) is 1. The van der Waals surface area contributed by atoms with Crippen LogP contribution in [0.4, 0.5) is 0 Å². The van der Waals surface area contributed by atoms with Crippen LogP contribution in [0.3, 0.4) is 0 Å². The molecule has 0 spiro atoms. The molecule has 2 unspecified atom stereocenters. The molecule has 0 aliphatic heterocycles. The van der Waals surface area contributed by atoms with E-state index < -0.39 is 27.8 Å². The van der Waals surface area contributed by atoms with Crippen LogP contribution in [0.1, 0.15) is 11.6 Å². The fraction of sp³-hybridized carbons (Fsp3) is 0.417. The molecule has 8 heteroatoms. The number of esters is 1. The van der Waals surface area contributed by atoms with Gasteiger partial charge in [0.05, 0.1) is 13.2 Å². The Morgan fingerprint density at radius 2 is 1.95 bits per heavy atom. The fourth-order valence-corrected chi connectivity index (χ4v) is 3.73. The Kier molecular flexibility index (Phi) is 7.14. The van der Waals surface area contributed by atoms with Crippen molar-refractivity contribution in [3.63, 3.8) is 0 Å². The molecular weight excluding hydrogens is 414 g/mol. The van der Waals surface area contributed by atoms with Crippen molar-refractivity contribution in [2.24, 2.45) is 0 Å². The summed E-state index contributed by atoms with van der Waals surface area (Å²) in [6.07, 6.45) is 0. The number of carbonyl (C=O) groups is 1. The van der Waals surface area contributed by atoms with Crippen molar-refractivity contribution >= 4 is 47.9 Å². The highest BCUT2D eigenvalue weighted by Gasteiger charge is 2.27. The molecule has 0 radical (unpaired) electrons. The van der Waals surface area contributed by atoms with Crippen LogP contribution in [0.5, 0.6) is 0 Å². The molecule has 0 saturated carbocycles. The first kappa shape index (κ1) is 17.6. The summed E-state index contributed by atoms with van der Waals surface area (Å²) in [4.78, 5) is 11.0. The van der Waals surface area contributed by atoms with Gasteiger partial charge >= 0.3 is 5.97 Å². The number of benzene rings is 1. The van der Waals surface area contributed by atoms with Gasteiger partial charge in [-0.1, -0.05) is 62.2 Å². The van der Waals surface area contributed by atoms with Gasteiger partial charge in [0.1, 0.15) is 0 Å². The number of sulfonamides is 1. The van der Waals surface area contributed by atoms with E-state index in [2.05, 4.69) is 41.3 Å². The van der Waals surface area contributed by atoms with Crippen LogP contribution >= 0.6 is 31.9 Å². The lowest BCUT2D eigenvalue weighted by molar-refractivity contribution is -0.137. The van der Waals surface area contributed by atoms with Crippen LogP contribution < -0.4 is 4.72 Å². The molecule has 2 atom stereocenters. The third kappa shape index (κ3) is 5.51. The molecule has 1 aromatic carbocycles. The van der Waals surface area contributed by atoms with Crippen LogP contribution in [0, 0.1) is 0 Å². The number of hydrogen-bond acceptors (Lipinski definition) is 4. The van der Waals surface area contributed by atoms with E-state index in [1.54, 1.807) is 0 Å². The minimum atomic E-state index is -3.77. The van der Waals surface area contributed by atoms with E-state index in [9.17, 15) is 13.2 Å². The van der Waals surface area contributed by atoms with Crippen molar-refractivity contribution in [1.82, 2.24) is 4.72 Å². The van der Waals surface area contributed by atoms with Gasteiger partial charge in [-0.15, -0.1) is 0 Å². The molecule has 20 heavy (non-hydrogen) atoms. The quantitative estimate of drug-likeness (QED) is 0.532. The molecule has 0 bridgehead atoms. The SMILES string of the molecule is COC(=O)CS(=O)(=O)NC(c1ccccc1)C(Br)CBr. The highest BCUT2D eigenvalue weighted by atomic mass is 79.9. The summed E-state index contributed by atoms with van der Waals surface area (Å²) >= 11 is 6.74. The standard InChI is InChI=1S/C12H15Br2NO4S/c1-19-11(16)8-20(17,18)15-12(10(14)7-13)9-5-3-2-4-6-9/h2-6,10,12,15H,7-8H2,1H3. The van der Waals surface area contributed by atoms with Gasteiger partial charge in [-0.2, -0.15) is 0 Å². The summed E-state index contributed by atoms with van der Waals surface area (Å²) < 4.78 is 30.8. The molecule has 5 nitrogen and oxygen atoms in total. The maximum Gasteiger partial charge on any atom is 0.322 e. The molecule has 1 rings (SSSR count). The highest BCUT2D eigenvalue weighted by Crippen LogP contribution is 2.25. The van der Waals surface area contributed by atoms with E-state index >= 15 is 0 Å². The van der Waals surface area contributed by atoms with E-state index in [4.69, 9.17) is 0 Å². The van der Waals surface area contributed by atoms with Crippen molar-refractivity contribution in [1.29, 1.82) is 0 Å². The Hall–Kier alpha value is -0.440. The lowest BCUT2D eigenvalue weighted by atomic mass is 10.1. The molecule has 1 N–H and O–H groups in total. The third-order valence-electron chi connectivity index (χ3n) is 2.51. The molecule has 112 valence electrons. The van der Waals surface area contributed by atoms with E-state index in [1.165, 1.54) is 0 Å². The number of halogens is 2. The number of alkyl halides is 2. The van der Waals surface area contributed by atoms with Gasteiger partial charge in [0, 0.05) is 10.2 Å². The number of methoxy groups -OCH3 is 1. The second-order valence-electron chi connectivity index (χ2n) is 4.01. The molecule has 0 aromatic heterocycles. The zero-order valence-corrected chi connectivity index (χ0v) is 14.7. The Morgan fingerprint density at radius 1 is 1.35 bits per heavy atom. The van der Waals surface area contributed by atoms with E-state index in [0.717, 1.165) is 12.7 Å². The molecule has 1 aromatic rings. The normalized spacial score (nSPS) is 14.6. The maximum absolute atomic E-state index is 12.0. The topological polar surface area (TPSA) is 72.5 Å². The fourth-order valence-electron chi connectivity index (χ4n) is 1.55. The first-order valence-electron chi connectivity index (χ1n) is 5.71. The van der Waals surface area contributed by atoms with E-state index in [-0.39, 0.29) is 4.83 Å². The molecule has 0 heterocycles. The predicted molar refractivity (Wildman–Crippen MR) is 84.6 cm³/mol. The summed E-state index contributed by atoms with van der Waals surface area (Å²) in [5, 5.41) is 0.549. The highest BCUT2D eigenvalue weighted by molar-refractivity contribution is 9.12. The zero-order valence-electron chi connectivity index (χ0n) is 10.8. The maximum atomic E-state index is 12.0. The Bertz CT molecular complexity index is 536. The van der Waals surface area contributed by atoms with Crippen LogP contribution in [0.2, 0.25) is 0 Å². The van der Waals surface area contributed by atoms with Crippen molar-refractivity contribution in [3.8, 4) is 0 Å². The molecular formula is C12H15Br2NO4S. The first-order chi connectivity index (χ1) is 9.39. The average molecular weight is 429 g/mol. The smallest absolute Gasteiger partial charge is 0.322 e. The lowest BCUT2D eigenvalue weighted by Crippen LogP contribution is -2.38. The average Bonchev–Trinajstić information content (AvgIpc) is 2.44. The van der Waals surface area contributed by atoms with Gasteiger partial charge in [-0.3, -0.25) is 4.79 Å². The Balaban J connectivity index is 2.94. The monoisotopic (exact) mass is 427 g/mol. The summed E-state index contributed by atoms with van der Waals surface area (Å²) in [6.45, 7) is 0. The van der Waals surface area contributed by atoms with Crippen LogP contribution in [-0.4, -0.2) is 37.4 Å². The first-order valence-corrected chi connectivity index (χ1v) is 9.40. The van der Waals surface area contributed by atoms with Crippen LogP contribution in [0.25, 0.3) is 0 Å². The van der Waals surface area contributed by atoms with Gasteiger partial charge in [0.15, 0.2) is 5.75 Å². The predicted octanol–water partition coefficient (Wildman–Crippen LogP) is 1.98. The largest absolute Gasteiger partial charge is 0.468 e. The molecule has 0 fully saturated rings. The number of ether oxygens (including phenoxy) is 1. The lowest BCUT2D eigenvalue weighted by Gasteiger charge is -2.22. The molecule has 0 aliphatic carbocycles. The van der Waals surface area contributed by atoms with Gasteiger partial charge in [0.2, 0.25) is 10.0 Å². The number of nitrogens with one attached hydrogen (secondary N) is 1. The van der Waals surface area contributed by atoms with Crippen LogP contribution in [-0.2, 0) is 19.6 Å². The zero-order chi connectivity index (χ0) is 15.2. The summed E-state index contributed by atoms with van der Waals surface area (Å²) in [6, 6.07) is 8.66. The van der Waals surface area contributed by atoms with E-state index in [0.29, 0.717) is 5.33 Å². The third-order valence-corrected chi connectivity index (χ3v) is 6.16. The van der Waals surface area contributed by atoms with Crippen LogP contribution in [0.15, 0.2) is 30.3 Å². The van der Waals surface area contributed by atoms with Crippen molar-refractivity contribution in [3.05, 3.63) is 35.9 Å². The van der Waals surface area contributed by atoms with Gasteiger partial charge in [0.25, 0.3) is 0 Å². The molecule has 0 saturated heterocycles. The summed E-state index contributed by atoms with van der Waals surface area (Å²) in [5.74, 6) is -1.50. The van der Waals surface area contributed by atoms with Crippen molar-refractivity contribution in [2.75, 3.05) is 18.2 Å². The van der Waals surface area contributed by atoms with Gasteiger partial charge < -0.3 is 4.74 Å². The molecule has 0 amide bonds. The number of rotatable bonds is 7. The van der Waals surface area contributed by atoms with Gasteiger partial charge in [-0.25, -0.2) is 13.1 Å². The minimum Gasteiger partial charge on any atom is -0.468 e. The molecule has 0 aliphatic rings.